The number of benzene rings is 1. The van der Waals surface area contributed by atoms with Crippen molar-refractivity contribution in [3.63, 3.8) is 0 Å². The van der Waals surface area contributed by atoms with Crippen molar-refractivity contribution in [2.45, 2.75) is 13.3 Å². The number of anilines is 1. The van der Waals surface area contributed by atoms with Crippen LogP contribution in [0.2, 0.25) is 0 Å². The maximum atomic E-state index is 13.3. The molecule has 0 aliphatic heterocycles. The molecule has 0 unspecified atom stereocenters. The van der Waals surface area contributed by atoms with Gasteiger partial charge >= 0.3 is 0 Å². The number of amides is 1. The predicted molar refractivity (Wildman–Crippen MR) is 80.4 cm³/mol. The summed E-state index contributed by atoms with van der Waals surface area (Å²) in [5.74, 6) is -1.14. The van der Waals surface area contributed by atoms with Crippen molar-refractivity contribution < 1.29 is 17.6 Å². The minimum absolute atomic E-state index is 0.0454. The van der Waals surface area contributed by atoms with Crippen molar-refractivity contribution in [1.82, 2.24) is 10.6 Å². The van der Waals surface area contributed by atoms with E-state index in [2.05, 4.69) is 15.4 Å². The summed E-state index contributed by atoms with van der Waals surface area (Å²) in [6.07, 6.45) is 1.95. The average Bonchev–Trinajstić information content (AvgIpc) is 2.39. The molecule has 0 saturated carbocycles. The Bertz CT molecular complexity index is 590. The molecule has 0 atom stereocenters. The van der Waals surface area contributed by atoms with Gasteiger partial charge in [0.1, 0.15) is 5.82 Å². The molecule has 1 aromatic carbocycles. The summed E-state index contributed by atoms with van der Waals surface area (Å²) in [6, 6.07) is 3.32. The number of sulfonamides is 1. The van der Waals surface area contributed by atoms with E-state index in [-0.39, 0.29) is 11.3 Å². The fraction of sp³-hybridized carbons (Fsp3) is 0.462. The summed E-state index contributed by atoms with van der Waals surface area (Å²) in [7, 11) is -3.54. The van der Waals surface area contributed by atoms with Gasteiger partial charge in [-0.25, -0.2) is 12.8 Å². The van der Waals surface area contributed by atoms with Gasteiger partial charge < -0.3 is 10.6 Å². The number of hydrogen-bond donors (Lipinski definition) is 3. The van der Waals surface area contributed by atoms with E-state index in [1.165, 1.54) is 6.07 Å². The third kappa shape index (κ3) is 6.54. The summed E-state index contributed by atoms with van der Waals surface area (Å²) in [4.78, 5) is 12.0. The molecule has 0 aromatic heterocycles. The van der Waals surface area contributed by atoms with Crippen molar-refractivity contribution in [2.75, 3.05) is 30.6 Å². The van der Waals surface area contributed by atoms with E-state index in [1.54, 1.807) is 0 Å². The van der Waals surface area contributed by atoms with Gasteiger partial charge in [-0.2, -0.15) is 0 Å². The first kappa shape index (κ1) is 17.4. The highest BCUT2D eigenvalue weighted by molar-refractivity contribution is 7.92. The van der Waals surface area contributed by atoms with Crippen molar-refractivity contribution in [1.29, 1.82) is 0 Å². The Kier molecular flexibility index (Phi) is 6.57. The zero-order valence-corrected chi connectivity index (χ0v) is 12.9. The van der Waals surface area contributed by atoms with Crippen LogP contribution < -0.4 is 15.4 Å². The Labute approximate surface area is 124 Å². The minimum atomic E-state index is -3.54. The summed E-state index contributed by atoms with van der Waals surface area (Å²) >= 11 is 0. The third-order valence-electron chi connectivity index (χ3n) is 2.54. The van der Waals surface area contributed by atoms with Crippen molar-refractivity contribution in [3.8, 4) is 0 Å². The predicted octanol–water partition coefficient (Wildman–Crippen LogP) is 0.927. The Morgan fingerprint density at radius 1 is 1.24 bits per heavy atom. The van der Waals surface area contributed by atoms with Crippen molar-refractivity contribution in [3.05, 3.63) is 29.6 Å². The van der Waals surface area contributed by atoms with E-state index in [4.69, 9.17) is 0 Å². The van der Waals surface area contributed by atoms with Crippen LogP contribution in [-0.4, -0.2) is 40.2 Å². The molecular weight excluding hydrogens is 297 g/mol. The maximum Gasteiger partial charge on any atom is 0.253 e. The van der Waals surface area contributed by atoms with E-state index in [0.29, 0.717) is 13.1 Å². The molecule has 0 aliphatic rings. The average molecular weight is 317 g/mol. The van der Waals surface area contributed by atoms with Crippen LogP contribution in [-0.2, 0) is 10.0 Å². The Balaban J connectivity index is 2.75. The van der Waals surface area contributed by atoms with Gasteiger partial charge in [-0.15, -0.1) is 0 Å². The van der Waals surface area contributed by atoms with Crippen molar-refractivity contribution >= 4 is 21.6 Å². The number of nitrogens with one attached hydrogen (secondary N) is 3. The van der Waals surface area contributed by atoms with Crippen LogP contribution in [0.1, 0.15) is 23.7 Å². The van der Waals surface area contributed by atoms with Gasteiger partial charge in [-0.1, -0.05) is 6.92 Å². The van der Waals surface area contributed by atoms with Gasteiger partial charge in [0.05, 0.1) is 17.5 Å². The molecule has 21 heavy (non-hydrogen) atoms. The summed E-state index contributed by atoms with van der Waals surface area (Å²) in [5, 5.41) is 5.71. The molecule has 1 aromatic rings. The molecule has 3 N–H and O–H groups in total. The van der Waals surface area contributed by atoms with Crippen molar-refractivity contribution in [2.24, 2.45) is 0 Å². The SMILES string of the molecule is CCCNCCNC(=O)c1cc(F)ccc1NS(C)(=O)=O. The molecule has 8 heteroatoms. The quantitative estimate of drug-likeness (QED) is 0.622. The first-order chi connectivity index (χ1) is 9.83. The number of rotatable bonds is 8. The van der Waals surface area contributed by atoms with E-state index < -0.39 is 21.7 Å². The lowest BCUT2D eigenvalue weighted by Crippen LogP contribution is -2.32. The molecule has 0 spiro atoms. The van der Waals surface area contributed by atoms with Crippen LogP contribution in [0.4, 0.5) is 10.1 Å². The summed E-state index contributed by atoms with van der Waals surface area (Å²) < 4.78 is 37.9. The second kappa shape index (κ2) is 7.94. The monoisotopic (exact) mass is 317 g/mol. The zero-order valence-electron chi connectivity index (χ0n) is 12.1. The first-order valence-corrected chi connectivity index (χ1v) is 8.49. The van der Waals surface area contributed by atoms with Gasteiger partial charge in [-0.05, 0) is 31.2 Å². The van der Waals surface area contributed by atoms with Crippen LogP contribution in [0.15, 0.2) is 18.2 Å². The first-order valence-electron chi connectivity index (χ1n) is 6.59. The number of carbonyl (C=O) groups excluding carboxylic acids is 1. The molecule has 6 nitrogen and oxygen atoms in total. The lowest BCUT2D eigenvalue weighted by molar-refractivity contribution is 0.0954. The fourth-order valence-corrected chi connectivity index (χ4v) is 2.23. The highest BCUT2D eigenvalue weighted by atomic mass is 32.2. The number of carbonyl (C=O) groups is 1. The second-order valence-electron chi connectivity index (χ2n) is 4.57. The van der Waals surface area contributed by atoms with E-state index in [0.717, 1.165) is 31.4 Å². The van der Waals surface area contributed by atoms with Gasteiger partial charge in [0.2, 0.25) is 10.0 Å². The Morgan fingerprint density at radius 3 is 2.57 bits per heavy atom. The van der Waals surface area contributed by atoms with Crippen LogP contribution in [0, 0.1) is 5.82 Å². The normalized spacial score (nSPS) is 11.2. The second-order valence-corrected chi connectivity index (χ2v) is 6.32. The smallest absolute Gasteiger partial charge is 0.253 e. The minimum Gasteiger partial charge on any atom is -0.351 e. The van der Waals surface area contributed by atoms with E-state index in [9.17, 15) is 17.6 Å². The van der Waals surface area contributed by atoms with Crippen LogP contribution in [0.25, 0.3) is 0 Å². The zero-order chi connectivity index (χ0) is 15.9. The molecule has 1 rings (SSSR count). The molecule has 0 bridgehead atoms. The van der Waals surface area contributed by atoms with Gasteiger partial charge in [0, 0.05) is 13.1 Å². The largest absolute Gasteiger partial charge is 0.351 e. The van der Waals surface area contributed by atoms with E-state index in [1.807, 2.05) is 6.92 Å². The lowest BCUT2D eigenvalue weighted by atomic mass is 10.1. The Morgan fingerprint density at radius 2 is 1.95 bits per heavy atom. The van der Waals surface area contributed by atoms with Crippen LogP contribution in [0.3, 0.4) is 0 Å². The third-order valence-corrected chi connectivity index (χ3v) is 3.13. The molecular formula is C13H20FN3O3S. The highest BCUT2D eigenvalue weighted by Gasteiger charge is 2.14. The standard InChI is InChI=1S/C13H20FN3O3S/c1-3-6-15-7-8-16-13(18)11-9-10(14)4-5-12(11)17-21(2,19)20/h4-5,9,15,17H,3,6-8H2,1-2H3,(H,16,18). The molecule has 0 radical (unpaired) electrons. The maximum absolute atomic E-state index is 13.3. The molecule has 1 amide bonds. The molecule has 0 heterocycles. The number of hydrogen-bond acceptors (Lipinski definition) is 4. The summed E-state index contributed by atoms with van der Waals surface area (Å²) in [5.41, 5.74) is 0.00818. The highest BCUT2D eigenvalue weighted by Crippen LogP contribution is 2.18. The lowest BCUT2D eigenvalue weighted by Gasteiger charge is -2.11. The molecule has 0 aliphatic carbocycles. The van der Waals surface area contributed by atoms with Crippen LogP contribution >= 0.6 is 0 Å². The Hall–Kier alpha value is -1.67. The molecule has 118 valence electrons. The van der Waals surface area contributed by atoms with Gasteiger partial charge in [0.15, 0.2) is 0 Å². The van der Waals surface area contributed by atoms with Crippen LogP contribution in [0.5, 0.6) is 0 Å². The van der Waals surface area contributed by atoms with Gasteiger partial charge in [-0.3, -0.25) is 9.52 Å². The molecule has 0 fully saturated rings. The number of halogens is 1. The molecule has 0 saturated heterocycles. The summed E-state index contributed by atoms with van der Waals surface area (Å²) in [6.45, 7) is 3.83. The van der Waals surface area contributed by atoms with E-state index >= 15 is 0 Å². The van der Waals surface area contributed by atoms with Gasteiger partial charge in [0.25, 0.3) is 5.91 Å². The fourth-order valence-electron chi connectivity index (χ4n) is 1.65. The topological polar surface area (TPSA) is 87.3 Å².